The first-order valence-corrected chi connectivity index (χ1v) is 9.97. The zero-order valence-electron chi connectivity index (χ0n) is 15.4. The summed E-state index contributed by atoms with van der Waals surface area (Å²) in [4.78, 5) is 27.5. The molecule has 4 rings (SSSR count). The van der Waals surface area contributed by atoms with Crippen molar-refractivity contribution in [3.05, 3.63) is 69.3 Å². The molecule has 28 heavy (non-hydrogen) atoms. The second kappa shape index (κ2) is 7.56. The average molecular weight is 446 g/mol. The van der Waals surface area contributed by atoms with Gasteiger partial charge in [0.1, 0.15) is 5.76 Å². The molecule has 0 bridgehead atoms. The highest BCUT2D eigenvalue weighted by molar-refractivity contribution is 9.10. The molecule has 0 radical (unpaired) electrons. The minimum absolute atomic E-state index is 0.0375. The van der Waals surface area contributed by atoms with Gasteiger partial charge in [-0.3, -0.25) is 9.59 Å². The standard InChI is InChI=1S/C21H20BrNO5/c1-12-7-8-16(28-12)19(24)17-18(13-4-2-5-14(22)10-13)23(21(26)20(17)25)11-15-6-3-9-27-15/h2,4-5,7-8,10,15,18,25H,3,6,9,11H2,1H3/t15-,18+/m1/s1. The maximum Gasteiger partial charge on any atom is 0.290 e. The van der Waals surface area contributed by atoms with Gasteiger partial charge in [-0.1, -0.05) is 28.1 Å². The zero-order chi connectivity index (χ0) is 19.8. The zero-order valence-corrected chi connectivity index (χ0v) is 16.9. The smallest absolute Gasteiger partial charge is 0.290 e. The van der Waals surface area contributed by atoms with Crippen molar-refractivity contribution in [1.29, 1.82) is 0 Å². The van der Waals surface area contributed by atoms with Gasteiger partial charge in [0.15, 0.2) is 11.5 Å². The fourth-order valence-electron chi connectivity index (χ4n) is 3.79. The van der Waals surface area contributed by atoms with Crippen LogP contribution in [-0.4, -0.2) is 41.0 Å². The van der Waals surface area contributed by atoms with Gasteiger partial charge in [0.25, 0.3) is 5.91 Å². The predicted molar refractivity (Wildman–Crippen MR) is 105 cm³/mol. The Morgan fingerprint density at radius 2 is 2.14 bits per heavy atom. The van der Waals surface area contributed by atoms with Gasteiger partial charge in [-0.2, -0.15) is 0 Å². The summed E-state index contributed by atoms with van der Waals surface area (Å²) in [7, 11) is 0. The van der Waals surface area contributed by atoms with Crippen molar-refractivity contribution in [2.24, 2.45) is 0 Å². The van der Waals surface area contributed by atoms with Gasteiger partial charge in [-0.05, 0) is 49.6 Å². The Balaban J connectivity index is 1.77. The van der Waals surface area contributed by atoms with Crippen LogP contribution in [0, 0.1) is 6.92 Å². The number of carbonyl (C=O) groups is 2. The molecule has 0 spiro atoms. The molecule has 1 saturated heterocycles. The van der Waals surface area contributed by atoms with Crippen LogP contribution in [-0.2, 0) is 9.53 Å². The van der Waals surface area contributed by atoms with E-state index in [4.69, 9.17) is 9.15 Å². The lowest BCUT2D eigenvalue weighted by molar-refractivity contribution is -0.131. The predicted octanol–water partition coefficient (Wildman–Crippen LogP) is 4.11. The van der Waals surface area contributed by atoms with E-state index < -0.39 is 23.5 Å². The van der Waals surface area contributed by atoms with Crippen LogP contribution in [0.15, 0.2) is 56.6 Å². The number of halogens is 1. The first-order chi connectivity index (χ1) is 13.5. The molecule has 0 saturated carbocycles. The summed E-state index contributed by atoms with van der Waals surface area (Å²) in [6, 6.07) is 9.92. The summed E-state index contributed by atoms with van der Waals surface area (Å²) >= 11 is 3.44. The van der Waals surface area contributed by atoms with Crippen LogP contribution in [0.5, 0.6) is 0 Å². The van der Waals surface area contributed by atoms with Crippen molar-refractivity contribution in [2.45, 2.75) is 31.9 Å². The molecule has 2 atom stereocenters. The number of carbonyl (C=O) groups excluding carboxylic acids is 2. The molecular formula is C21H20BrNO5. The Labute approximate surface area is 170 Å². The van der Waals surface area contributed by atoms with Gasteiger partial charge in [-0.25, -0.2) is 0 Å². The van der Waals surface area contributed by atoms with E-state index >= 15 is 0 Å². The fourth-order valence-corrected chi connectivity index (χ4v) is 4.21. The van der Waals surface area contributed by atoms with Gasteiger partial charge in [0.2, 0.25) is 5.78 Å². The van der Waals surface area contributed by atoms with Crippen molar-refractivity contribution < 1.29 is 23.8 Å². The van der Waals surface area contributed by atoms with E-state index in [2.05, 4.69) is 15.9 Å². The first kappa shape index (κ1) is 19.0. The molecule has 2 aliphatic rings. The largest absolute Gasteiger partial charge is 0.503 e. The summed E-state index contributed by atoms with van der Waals surface area (Å²) < 4.78 is 12.0. The van der Waals surface area contributed by atoms with Crippen LogP contribution in [0.3, 0.4) is 0 Å². The molecule has 146 valence electrons. The molecule has 7 heteroatoms. The Kier molecular flexibility index (Phi) is 5.12. The van der Waals surface area contributed by atoms with Gasteiger partial charge >= 0.3 is 0 Å². The molecule has 1 amide bonds. The summed E-state index contributed by atoms with van der Waals surface area (Å²) in [5.41, 5.74) is 0.770. The molecule has 0 unspecified atom stereocenters. The van der Waals surface area contributed by atoms with Crippen LogP contribution in [0.2, 0.25) is 0 Å². The summed E-state index contributed by atoms with van der Waals surface area (Å²) in [6.07, 6.45) is 1.67. The number of aliphatic hydroxyl groups is 1. The number of aryl methyl sites for hydroxylation is 1. The van der Waals surface area contributed by atoms with Crippen LogP contribution < -0.4 is 0 Å². The summed E-state index contributed by atoms with van der Waals surface area (Å²) in [6.45, 7) is 2.71. The third kappa shape index (κ3) is 3.40. The van der Waals surface area contributed by atoms with E-state index in [1.54, 1.807) is 19.1 Å². The lowest BCUT2D eigenvalue weighted by Gasteiger charge is -2.28. The van der Waals surface area contributed by atoms with E-state index in [0.29, 0.717) is 18.9 Å². The van der Waals surface area contributed by atoms with E-state index in [9.17, 15) is 14.7 Å². The third-order valence-corrected chi connectivity index (χ3v) is 5.59. The second-order valence-corrected chi connectivity index (χ2v) is 7.97. The third-order valence-electron chi connectivity index (χ3n) is 5.10. The van der Waals surface area contributed by atoms with E-state index in [-0.39, 0.29) is 17.4 Å². The van der Waals surface area contributed by atoms with Crippen molar-refractivity contribution in [3.63, 3.8) is 0 Å². The van der Waals surface area contributed by atoms with Gasteiger partial charge in [0, 0.05) is 17.6 Å². The molecule has 1 aromatic heterocycles. The monoisotopic (exact) mass is 445 g/mol. The average Bonchev–Trinajstić information content (AvgIpc) is 3.38. The van der Waals surface area contributed by atoms with Crippen molar-refractivity contribution in [3.8, 4) is 0 Å². The SMILES string of the molecule is Cc1ccc(C(=O)C2=C(O)C(=O)N(C[C@H]3CCCO3)[C@H]2c2cccc(Br)c2)o1. The number of benzene rings is 1. The maximum atomic E-state index is 13.1. The molecule has 3 heterocycles. The summed E-state index contributed by atoms with van der Waals surface area (Å²) in [5, 5.41) is 10.6. The summed E-state index contributed by atoms with van der Waals surface area (Å²) in [5.74, 6) is -0.887. The Morgan fingerprint density at radius 1 is 1.32 bits per heavy atom. The maximum absolute atomic E-state index is 13.1. The highest BCUT2D eigenvalue weighted by Crippen LogP contribution is 2.40. The first-order valence-electron chi connectivity index (χ1n) is 9.18. The van der Waals surface area contributed by atoms with Gasteiger partial charge < -0.3 is 19.2 Å². The minimum Gasteiger partial charge on any atom is -0.503 e. The number of hydrogen-bond acceptors (Lipinski definition) is 5. The molecule has 2 aromatic rings. The van der Waals surface area contributed by atoms with Gasteiger partial charge in [-0.15, -0.1) is 0 Å². The molecule has 0 aliphatic carbocycles. The molecule has 6 nitrogen and oxygen atoms in total. The molecular weight excluding hydrogens is 426 g/mol. The number of furan rings is 1. The topological polar surface area (TPSA) is 80.0 Å². The lowest BCUT2D eigenvalue weighted by atomic mass is 9.95. The number of hydrogen-bond donors (Lipinski definition) is 1. The Bertz CT molecular complexity index is 957. The lowest BCUT2D eigenvalue weighted by Crippen LogP contribution is -2.37. The highest BCUT2D eigenvalue weighted by atomic mass is 79.9. The molecule has 1 fully saturated rings. The van der Waals surface area contributed by atoms with Crippen LogP contribution in [0.1, 0.15) is 40.8 Å². The highest BCUT2D eigenvalue weighted by Gasteiger charge is 2.45. The number of ether oxygens (including phenoxy) is 1. The number of aliphatic hydroxyl groups excluding tert-OH is 1. The fraction of sp³-hybridized carbons (Fsp3) is 0.333. The second-order valence-electron chi connectivity index (χ2n) is 7.05. The van der Waals surface area contributed by atoms with Crippen molar-refractivity contribution >= 4 is 27.6 Å². The normalized spacial score (nSPS) is 22.4. The number of rotatable bonds is 5. The minimum atomic E-state index is -0.702. The molecule has 1 N–H and O–H groups in total. The van der Waals surface area contributed by atoms with Crippen LogP contribution in [0.25, 0.3) is 0 Å². The Morgan fingerprint density at radius 3 is 2.79 bits per heavy atom. The number of ketones is 1. The molecule has 1 aromatic carbocycles. The molecule has 2 aliphatic heterocycles. The van der Waals surface area contributed by atoms with E-state index in [1.807, 2.05) is 24.3 Å². The number of amides is 1. The van der Waals surface area contributed by atoms with E-state index in [0.717, 1.165) is 22.9 Å². The Hall–Kier alpha value is -2.38. The van der Waals surface area contributed by atoms with Crippen LogP contribution >= 0.6 is 15.9 Å². The van der Waals surface area contributed by atoms with Crippen LogP contribution in [0.4, 0.5) is 0 Å². The van der Waals surface area contributed by atoms with E-state index in [1.165, 1.54) is 4.90 Å². The van der Waals surface area contributed by atoms with Crippen molar-refractivity contribution in [1.82, 2.24) is 4.90 Å². The van der Waals surface area contributed by atoms with Gasteiger partial charge in [0.05, 0.1) is 17.7 Å². The van der Waals surface area contributed by atoms with Crippen molar-refractivity contribution in [2.75, 3.05) is 13.2 Å². The number of nitrogens with zero attached hydrogens (tertiary/aromatic N) is 1. The number of Topliss-reactive ketones (excluding diaryl/α,β-unsaturated/α-hetero) is 1. The quantitative estimate of drug-likeness (QED) is 0.700.